The summed E-state index contributed by atoms with van der Waals surface area (Å²) in [7, 11) is -2.97. The Kier molecular flexibility index (Phi) is 4.09. The van der Waals surface area contributed by atoms with E-state index in [1.807, 2.05) is 6.92 Å². The number of rotatable bonds is 4. The van der Waals surface area contributed by atoms with Crippen LogP contribution < -0.4 is 10.1 Å². The average Bonchev–Trinajstić information content (AvgIpc) is 2.70. The second kappa shape index (κ2) is 5.61. The summed E-state index contributed by atoms with van der Waals surface area (Å²) in [5.41, 5.74) is 0.507. The number of hydrogen-bond donors (Lipinski definition) is 1. The molecule has 0 radical (unpaired) electrons. The molecular formula is C13H17NO4S. The van der Waals surface area contributed by atoms with E-state index >= 15 is 0 Å². The number of sulfone groups is 1. The second-order valence-electron chi connectivity index (χ2n) is 4.53. The van der Waals surface area contributed by atoms with Gasteiger partial charge >= 0.3 is 0 Å². The summed E-state index contributed by atoms with van der Waals surface area (Å²) in [6.45, 7) is 2.46. The summed E-state index contributed by atoms with van der Waals surface area (Å²) in [6.07, 6.45) is 0.491. The van der Waals surface area contributed by atoms with Crippen LogP contribution in [0.25, 0.3) is 0 Å². The highest BCUT2D eigenvalue weighted by Gasteiger charge is 2.29. The summed E-state index contributed by atoms with van der Waals surface area (Å²) < 4.78 is 27.9. The van der Waals surface area contributed by atoms with E-state index in [4.69, 9.17) is 4.74 Å². The third kappa shape index (κ3) is 3.70. The summed E-state index contributed by atoms with van der Waals surface area (Å²) in [4.78, 5) is 11.9. The molecule has 0 aliphatic carbocycles. The minimum absolute atomic E-state index is 0.0375. The van der Waals surface area contributed by atoms with E-state index in [0.717, 1.165) is 0 Å². The number of benzene rings is 1. The Morgan fingerprint density at radius 2 is 2.05 bits per heavy atom. The van der Waals surface area contributed by atoms with Gasteiger partial charge in [0.25, 0.3) is 5.91 Å². The molecule has 1 aromatic carbocycles. The maximum atomic E-state index is 11.9. The summed E-state index contributed by atoms with van der Waals surface area (Å²) in [5.74, 6) is 0.657. The smallest absolute Gasteiger partial charge is 0.251 e. The maximum absolute atomic E-state index is 11.9. The second-order valence-corrected chi connectivity index (χ2v) is 6.76. The number of ether oxygens (including phenoxy) is 1. The van der Waals surface area contributed by atoms with Crippen LogP contribution in [0.5, 0.6) is 5.75 Å². The fourth-order valence-electron chi connectivity index (χ4n) is 2.05. The van der Waals surface area contributed by atoms with Crippen molar-refractivity contribution < 1.29 is 17.9 Å². The number of carbonyl (C=O) groups is 1. The zero-order valence-corrected chi connectivity index (χ0v) is 11.6. The first-order chi connectivity index (χ1) is 9.00. The van der Waals surface area contributed by atoms with E-state index in [1.54, 1.807) is 24.3 Å². The molecule has 0 aromatic heterocycles. The number of carbonyl (C=O) groups excluding carboxylic acids is 1. The molecule has 2 rings (SSSR count). The van der Waals surface area contributed by atoms with Gasteiger partial charge in [0.1, 0.15) is 5.75 Å². The molecule has 0 unspecified atom stereocenters. The molecule has 1 atom stereocenters. The minimum atomic E-state index is -2.97. The normalized spacial score (nSPS) is 21.0. The van der Waals surface area contributed by atoms with Crippen molar-refractivity contribution in [2.45, 2.75) is 19.4 Å². The molecule has 0 spiro atoms. The highest BCUT2D eigenvalue weighted by Crippen LogP contribution is 2.14. The molecule has 1 fully saturated rings. The van der Waals surface area contributed by atoms with Crippen LogP contribution in [-0.4, -0.2) is 38.5 Å². The maximum Gasteiger partial charge on any atom is 0.251 e. The van der Waals surface area contributed by atoms with Crippen molar-refractivity contribution in [3.05, 3.63) is 29.8 Å². The van der Waals surface area contributed by atoms with Gasteiger partial charge in [0.2, 0.25) is 0 Å². The first-order valence-electron chi connectivity index (χ1n) is 6.24. The van der Waals surface area contributed by atoms with Gasteiger partial charge in [-0.3, -0.25) is 4.79 Å². The molecular weight excluding hydrogens is 266 g/mol. The van der Waals surface area contributed by atoms with Gasteiger partial charge in [-0.15, -0.1) is 0 Å². The Morgan fingerprint density at radius 3 is 2.58 bits per heavy atom. The van der Waals surface area contributed by atoms with Crippen molar-refractivity contribution in [2.24, 2.45) is 0 Å². The van der Waals surface area contributed by atoms with Crippen molar-refractivity contribution in [1.29, 1.82) is 0 Å². The van der Waals surface area contributed by atoms with Crippen molar-refractivity contribution in [1.82, 2.24) is 5.32 Å². The van der Waals surface area contributed by atoms with E-state index in [1.165, 1.54) is 0 Å². The Hall–Kier alpha value is -1.56. The minimum Gasteiger partial charge on any atom is -0.494 e. The third-order valence-electron chi connectivity index (χ3n) is 3.00. The Bertz CT molecular complexity index is 551. The first-order valence-corrected chi connectivity index (χ1v) is 8.06. The van der Waals surface area contributed by atoms with Crippen molar-refractivity contribution in [2.75, 3.05) is 18.1 Å². The molecule has 104 valence electrons. The SMILES string of the molecule is CCOc1ccc(C(=O)N[C@@H]2CCS(=O)(=O)C2)cc1. The van der Waals surface area contributed by atoms with Crippen LogP contribution in [0.3, 0.4) is 0 Å². The molecule has 6 heteroatoms. The lowest BCUT2D eigenvalue weighted by atomic mass is 10.2. The van der Waals surface area contributed by atoms with Crippen LogP contribution in [0.4, 0.5) is 0 Å². The van der Waals surface area contributed by atoms with Crippen molar-refractivity contribution in [3.8, 4) is 5.75 Å². The van der Waals surface area contributed by atoms with Gasteiger partial charge in [-0.25, -0.2) is 8.42 Å². The van der Waals surface area contributed by atoms with E-state index in [9.17, 15) is 13.2 Å². The molecule has 1 heterocycles. The van der Waals surface area contributed by atoms with Crippen LogP contribution in [0, 0.1) is 0 Å². The predicted molar refractivity (Wildman–Crippen MR) is 72.1 cm³/mol. The Labute approximate surface area is 112 Å². The lowest BCUT2D eigenvalue weighted by molar-refractivity contribution is 0.0941. The van der Waals surface area contributed by atoms with E-state index in [2.05, 4.69) is 5.32 Å². The first kappa shape index (κ1) is 13.9. The average molecular weight is 283 g/mol. The zero-order valence-electron chi connectivity index (χ0n) is 10.8. The number of nitrogens with one attached hydrogen (secondary N) is 1. The summed E-state index contributed by atoms with van der Waals surface area (Å²) >= 11 is 0. The van der Waals surface area contributed by atoms with Gasteiger partial charge < -0.3 is 10.1 Å². The lowest BCUT2D eigenvalue weighted by Crippen LogP contribution is -2.35. The molecule has 1 saturated heterocycles. The molecule has 0 saturated carbocycles. The molecule has 1 aliphatic heterocycles. The van der Waals surface area contributed by atoms with Gasteiger partial charge in [-0.2, -0.15) is 0 Å². The van der Waals surface area contributed by atoms with Crippen LogP contribution in [0.1, 0.15) is 23.7 Å². The monoisotopic (exact) mass is 283 g/mol. The zero-order chi connectivity index (χ0) is 13.9. The lowest BCUT2D eigenvalue weighted by Gasteiger charge is -2.11. The number of amides is 1. The predicted octanol–water partition coefficient (Wildman–Crippen LogP) is 1.00. The van der Waals surface area contributed by atoms with Crippen LogP contribution >= 0.6 is 0 Å². The molecule has 5 nitrogen and oxygen atoms in total. The Balaban J connectivity index is 1.96. The molecule has 1 aromatic rings. The van der Waals surface area contributed by atoms with Crippen LogP contribution in [0.2, 0.25) is 0 Å². The van der Waals surface area contributed by atoms with Gasteiger partial charge in [0, 0.05) is 11.6 Å². The quantitative estimate of drug-likeness (QED) is 0.895. The van der Waals surface area contributed by atoms with Crippen LogP contribution in [0.15, 0.2) is 24.3 Å². The molecule has 0 bridgehead atoms. The highest BCUT2D eigenvalue weighted by molar-refractivity contribution is 7.91. The molecule has 1 N–H and O–H groups in total. The molecule has 1 aliphatic rings. The summed E-state index contributed by atoms with van der Waals surface area (Å²) in [5, 5.41) is 2.74. The topological polar surface area (TPSA) is 72.5 Å². The van der Waals surface area contributed by atoms with Gasteiger partial charge in [0.05, 0.1) is 18.1 Å². The van der Waals surface area contributed by atoms with E-state index < -0.39 is 9.84 Å². The summed E-state index contributed by atoms with van der Waals surface area (Å²) in [6, 6.07) is 6.52. The number of hydrogen-bond acceptors (Lipinski definition) is 4. The van der Waals surface area contributed by atoms with Crippen LogP contribution in [-0.2, 0) is 9.84 Å². The fraction of sp³-hybridized carbons (Fsp3) is 0.462. The van der Waals surface area contributed by atoms with Gasteiger partial charge in [0.15, 0.2) is 9.84 Å². The van der Waals surface area contributed by atoms with Gasteiger partial charge in [-0.1, -0.05) is 0 Å². The van der Waals surface area contributed by atoms with E-state index in [0.29, 0.717) is 24.3 Å². The van der Waals surface area contributed by atoms with Crippen molar-refractivity contribution in [3.63, 3.8) is 0 Å². The fourth-order valence-corrected chi connectivity index (χ4v) is 3.72. The standard InChI is InChI=1S/C13H17NO4S/c1-2-18-12-5-3-10(4-6-12)13(15)14-11-7-8-19(16,17)9-11/h3-6,11H,2,7-9H2,1H3,(H,14,15)/t11-/m1/s1. The van der Waals surface area contributed by atoms with Crippen molar-refractivity contribution >= 4 is 15.7 Å². The molecule has 19 heavy (non-hydrogen) atoms. The third-order valence-corrected chi connectivity index (χ3v) is 4.76. The Morgan fingerprint density at radius 1 is 1.37 bits per heavy atom. The highest BCUT2D eigenvalue weighted by atomic mass is 32.2. The van der Waals surface area contributed by atoms with Gasteiger partial charge in [-0.05, 0) is 37.6 Å². The largest absolute Gasteiger partial charge is 0.494 e. The van der Waals surface area contributed by atoms with E-state index in [-0.39, 0.29) is 23.5 Å². The molecule has 1 amide bonds.